The minimum Gasteiger partial charge on any atom is -0.497 e. The van der Waals surface area contributed by atoms with Gasteiger partial charge >= 0.3 is 6.09 Å². The van der Waals surface area contributed by atoms with E-state index in [0.29, 0.717) is 18.0 Å². The number of amides is 1. The van der Waals surface area contributed by atoms with Crippen molar-refractivity contribution < 1.29 is 18.5 Å². The van der Waals surface area contributed by atoms with Crippen molar-refractivity contribution in [3.63, 3.8) is 0 Å². The number of ether oxygens (including phenoxy) is 2. The molecule has 0 N–H and O–H groups in total. The monoisotopic (exact) mass is 728 g/mol. The number of carbonyl (C=O) groups is 1. The molecule has 1 fully saturated rings. The molecule has 3 atom stereocenters. The van der Waals surface area contributed by atoms with Gasteiger partial charge < -0.3 is 9.47 Å². The van der Waals surface area contributed by atoms with Crippen LogP contribution in [-0.2, 0) is 22.3 Å². The molecule has 1 aliphatic rings. The first-order chi connectivity index (χ1) is 23.0. The third-order valence-corrected chi connectivity index (χ3v) is 10.4. The van der Waals surface area contributed by atoms with Gasteiger partial charge in [-0.1, -0.05) is 82.5 Å². The highest BCUT2D eigenvalue weighted by atomic mass is 79.9. The lowest BCUT2D eigenvalue weighted by Crippen LogP contribution is -2.38. The van der Waals surface area contributed by atoms with E-state index in [1.807, 2.05) is 113 Å². The third kappa shape index (κ3) is 9.24. The Morgan fingerprint density at radius 1 is 0.938 bits per heavy atom. The van der Waals surface area contributed by atoms with Gasteiger partial charge in [-0.05, 0) is 112 Å². The second-order valence-electron chi connectivity index (χ2n) is 13.2. The second kappa shape index (κ2) is 16.1. The van der Waals surface area contributed by atoms with Gasteiger partial charge in [0.25, 0.3) is 0 Å². The smallest absolute Gasteiger partial charge is 0.418 e. The lowest BCUT2D eigenvalue weighted by atomic mass is 9.77. The molecule has 0 bridgehead atoms. The zero-order valence-corrected chi connectivity index (χ0v) is 30.8. The van der Waals surface area contributed by atoms with E-state index in [-0.39, 0.29) is 12.0 Å². The third-order valence-electron chi connectivity index (χ3n) is 8.46. The summed E-state index contributed by atoms with van der Waals surface area (Å²) in [6.07, 6.45) is 5.26. The fourth-order valence-corrected chi connectivity index (χ4v) is 7.75. The van der Waals surface area contributed by atoms with Crippen molar-refractivity contribution in [1.82, 2.24) is 4.31 Å². The highest BCUT2D eigenvalue weighted by Gasteiger charge is 2.37. The molecule has 0 aromatic heterocycles. The summed E-state index contributed by atoms with van der Waals surface area (Å²) < 4.78 is 29.2. The lowest BCUT2D eigenvalue weighted by Gasteiger charge is -2.40. The molecular formula is C40H45BrN2O4S. The first-order valence-corrected chi connectivity index (χ1v) is 18.3. The molecule has 0 unspecified atom stereocenters. The summed E-state index contributed by atoms with van der Waals surface area (Å²) in [7, 11) is 0.143. The summed E-state index contributed by atoms with van der Waals surface area (Å²) in [6.45, 7) is 8.14. The van der Waals surface area contributed by atoms with Crippen molar-refractivity contribution in [2.45, 2.75) is 76.5 Å². The maximum atomic E-state index is 14.8. The first-order valence-electron chi connectivity index (χ1n) is 16.4. The molecule has 5 rings (SSSR count). The van der Waals surface area contributed by atoms with Crippen molar-refractivity contribution in [1.29, 1.82) is 0 Å². The van der Waals surface area contributed by atoms with Crippen LogP contribution < -0.4 is 9.64 Å². The van der Waals surface area contributed by atoms with E-state index in [2.05, 4.69) is 44.5 Å². The van der Waals surface area contributed by atoms with Crippen molar-refractivity contribution in [2.75, 3.05) is 12.0 Å². The number of hydrogen-bond donors (Lipinski definition) is 0. The van der Waals surface area contributed by atoms with Crippen LogP contribution in [0.5, 0.6) is 5.75 Å². The number of halogens is 1. The fraction of sp³-hybridized carbons (Fsp3) is 0.325. The van der Waals surface area contributed by atoms with Crippen LogP contribution >= 0.6 is 15.9 Å². The van der Waals surface area contributed by atoms with Crippen molar-refractivity contribution in [3.05, 3.63) is 136 Å². The average molecular weight is 730 g/mol. The number of nitrogens with zero attached hydrogens (tertiary/aromatic N) is 2. The summed E-state index contributed by atoms with van der Waals surface area (Å²) in [4.78, 5) is 16.2. The van der Waals surface area contributed by atoms with Gasteiger partial charge in [-0.3, -0.25) is 4.90 Å². The SMILES string of the molecule is COc1ccc(N(/C=C2/CCCC[C@H]2[C@H](c2ccccc2)N(Cc2ccc(Br)cc2)[S@@](=O)c2ccc(C)cc2)C(=O)OC(C)(C)C)cc1. The summed E-state index contributed by atoms with van der Waals surface area (Å²) in [6, 6.07) is 33.8. The van der Waals surface area contributed by atoms with Crippen LogP contribution in [0.4, 0.5) is 10.5 Å². The number of benzene rings is 4. The van der Waals surface area contributed by atoms with Gasteiger partial charge in [0.05, 0.1) is 23.7 Å². The molecule has 0 heterocycles. The van der Waals surface area contributed by atoms with Gasteiger partial charge in [-0.25, -0.2) is 13.3 Å². The Bertz CT molecular complexity index is 1700. The number of rotatable bonds is 10. The van der Waals surface area contributed by atoms with E-state index < -0.39 is 22.7 Å². The number of hydrogen-bond acceptors (Lipinski definition) is 4. The van der Waals surface area contributed by atoms with Gasteiger partial charge in [0, 0.05) is 23.1 Å². The van der Waals surface area contributed by atoms with E-state index in [9.17, 15) is 9.00 Å². The number of carbonyl (C=O) groups excluding carboxylic acids is 1. The van der Waals surface area contributed by atoms with E-state index in [1.165, 1.54) is 0 Å². The normalized spacial score (nSPS) is 17.1. The Kier molecular flexibility index (Phi) is 11.9. The van der Waals surface area contributed by atoms with E-state index in [4.69, 9.17) is 9.47 Å². The predicted octanol–water partition coefficient (Wildman–Crippen LogP) is 10.5. The highest BCUT2D eigenvalue weighted by Crippen LogP contribution is 2.44. The number of anilines is 1. The van der Waals surface area contributed by atoms with Crippen LogP contribution in [-0.4, -0.2) is 27.3 Å². The van der Waals surface area contributed by atoms with Crippen LogP contribution in [0, 0.1) is 12.8 Å². The largest absolute Gasteiger partial charge is 0.497 e. The summed E-state index contributed by atoms with van der Waals surface area (Å²) >= 11 is 3.57. The molecule has 48 heavy (non-hydrogen) atoms. The van der Waals surface area contributed by atoms with Crippen LogP contribution in [0.25, 0.3) is 0 Å². The second-order valence-corrected chi connectivity index (χ2v) is 15.6. The molecule has 6 nitrogen and oxygen atoms in total. The Hall–Kier alpha value is -3.72. The fourth-order valence-electron chi connectivity index (χ4n) is 6.11. The van der Waals surface area contributed by atoms with E-state index >= 15 is 0 Å². The number of methoxy groups -OCH3 is 1. The Morgan fingerprint density at radius 3 is 2.23 bits per heavy atom. The standard InChI is InChI=1S/C40H45BrN2O4S/c1-29-15-25-36(26-16-29)48(45)43(27-30-17-19-33(41)20-18-30)38(31-11-7-6-8-12-31)37-14-10-9-13-32(37)28-42(39(44)47-40(2,3)4)34-21-23-35(46-5)24-22-34/h6-8,11-12,15-26,28,37-38H,9-10,13-14,27H2,1-5H3/b32-28-/t37-,38+,48+/m1/s1. The molecule has 0 spiro atoms. The first kappa shape index (κ1) is 35.6. The van der Waals surface area contributed by atoms with Crippen LogP contribution in [0.2, 0.25) is 0 Å². The number of aryl methyl sites for hydroxylation is 1. The molecule has 4 aromatic carbocycles. The van der Waals surface area contributed by atoms with Crippen molar-refractivity contribution >= 4 is 38.7 Å². The Morgan fingerprint density at radius 2 is 1.60 bits per heavy atom. The predicted molar refractivity (Wildman–Crippen MR) is 198 cm³/mol. The molecule has 4 aromatic rings. The van der Waals surface area contributed by atoms with Crippen molar-refractivity contribution in [3.8, 4) is 5.75 Å². The van der Waals surface area contributed by atoms with Crippen LogP contribution in [0.15, 0.2) is 124 Å². The van der Waals surface area contributed by atoms with Gasteiger partial charge in [0.1, 0.15) is 22.3 Å². The Balaban J connectivity index is 1.65. The molecule has 0 aliphatic heterocycles. The Labute approximate surface area is 296 Å². The molecule has 0 saturated heterocycles. The molecule has 0 radical (unpaired) electrons. The van der Waals surface area contributed by atoms with Gasteiger partial charge in [-0.15, -0.1) is 0 Å². The van der Waals surface area contributed by atoms with Crippen LogP contribution in [0.1, 0.15) is 69.2 Å². The molecule has 8 heteroatoms. The summed E-state index contributed by atoms with van der Waals surface area (Å²) in [5, 5.41) is 0. The lowest BCUT2D eigenvalue weighted by molar-refractivity contribution is 0.0595. The van der Waals surface area contributed by atoms with Gasteiger partial charge in [0.15, 0.2) is 0 Å². The molecule has 252 valence electrons. The quantitative estimate of drug-likeness (QED) is 0.163. The topological polar surface area (TPSA) is 59.1 Å². The summed E-state index contributed by atoms with van der Waals surface area (Å²) in [5.41, 5.74) is 4.40. The van der Waals surface area contributed by atoms with Gasteiger partial charge in [0.2, 0.25) is 0 Å². The van der Waals surface area contributed by atoms with E-state index in [0.717, 1.165) is 57.3 Å². The zero-order valence-electron chi connectivity index (χ0n) is 28.4. The molecule has 1 amide bonds. The molecular weight excluding hydrogens is 684 g/mol. The molecule has 1 aliphatic carbocycles. The maximum absolute atomic E-state index is 14.8. The highest BCUT2D eigenvalue weighted by molar-refractivity contribution is 9.10. The zero-order chi connectivity index (χ0) is 34.3. The van der Waals surface area contributed by atoms with Gasteiger partial charge in [-0.2, -0.15) is 0 Å². The van der Waals surface area contributed by atoms with Crippen molar-refractivity contribution in [2.24, 2.45) is 5.92 Å². The summed E-state index contributed by atoms with van der Waals surface area (Å²) in [5.74, 6) is 0.687. The van der Waals surface area contributed by atoms with Crippen LogP contribution in [0.3, 0.4) is 0 Å². The average Bonchev–Trinajstić information content (AvgIpc) is 3.08. The van der Waals surface area contributed by atoms with E-state index in [1.54, 1.807) is 12.0 Å². The minimum absolute atomic E-state index is 0.0193. The minimum atomic E-state index is -1.48. The molecule has 1 saturated carbocycles. The maximum Gasteiger partial charge on any atom is 0.418 e.